The predicted molar refractivity (Wildman–Crippen MR) is 147 cm³/mol. The number of aliphatic imine (C=N–C) groups is 1. The minimum absolute atomic E-state index is 0.121. The summed E-state index contributed by atoms with van der Waals surface area (Å²) in [5, 5.41) is 5.92. The zero-order valence-corrected chi connectivity index (χ0v) is 21.8. The number of benzene rings is 3. The summed E-state index contributed by atoms with van der Waals surface area (Å²) in [7, 11) is 0. The standard InChI is InChI=1S/C28H24BrN3OS/c1-16-12-22(13-17(2)26(16)29)30-28-31-27(33)25(34-28)15-21-14-18(3)32(19(21)4)24-11-7-9-20-8-5-6-10-23(20)24/h5-15H,1-4H3,(H,30,31,33)/b25-15-. The van der Waals surface area contributed by atoms with E-state index in [0.29, 0.717) is 10.1 Å². The van der Waals surface area contributed by atoms with Gasteiger partial charge in [-0.2, -0.15) is 0 Å². The number of thioether (sulfide) groups is 1. The highest BCUT2D eigenvalue weighted by Gasteiger charge is 2.25. The van der Waals surface area contributed by atoms with Crippen molar-refractivity contribution in [1.29, 1.82) is 0 Å². The van der Waals surface area contributed by atoms with Gasteiger partial charge in [0.2, 0.25) is 0 Å². The third-order valence-electron chi connectivity index (χ3n) is 6.07. The molecule has 1 N–H and O–H groups in total. The minimum Gasteiger partial charge on any atom is -0.317 e. The van der Waals surface area contributed by atoms with Crippen molar-refractivity contribution >= 4 is 61.3 Å². The van der Waals surface area contributed by atoms with E-state index < -0.39 is 0 Å². The van der Waals surface area contributed by atoms with Crippen LogP contribution in [0.1, 0.15) is 28.1 Å². The summed E-state index contributed by atoms with van der Waals surface area (Å²) in [4.78, 5) is 18.0. The molecular formula is C28H24BrN3OS. The number of hydrogen-bond donors (Lipinski definition) is 1. The molecule has 0 bridgehead atoms. The first-order valence-electron chi connectivity index (χ1n) is 11.1. The Labute approximate surface area is 211 Å². The molecule has 0 aliphatic carbocycles. The van der Waals surface area contributed by atoms with Gasteiger partial charge in [0.1, 0.15) is 0 Å². The fourth-order valence-electron chi connectivity index (χ4n) is 4.43. The molecule has 4 aromatic rings. The van der Waals surface area contributed by atoms with Gasteiger partial charge in [-0.3, -0.25) is 4.79 Å². The van der Waals surface area contributed by atoms with E-state index in [4.69, 9.17) is 0 Å². The van der Waals surface area contributed by atoms with Gasteiger partial charge in [0, 0.05) is 21.2 Å². The summed E-state index contributed by atoms with van der Waals surface area (Å²) in [6.07, 6.45) is 1.96. The Morgan fingerprint density at radius 3 is 2.44 bits per heavy atom. The lowest BCUT2D eigenvalue weighted by atomic mass is 10.1. The minimum atomic E-state index is -0.121. The number of fused-ring (bicyclic) bond motifs is 1. The zero-order chi connectivity index (χ0) is 24.0. The Balaban J connectivity index is 1.50. The van der Waals surface area contributed by atoms with E-state index >= 15 is 0 Å². The number of aryl methyl sites for hydroxylation is 3. The summed E-state index contributed by atoms with van der Waals surface area (Å²) < 4.78 is 3.34. The molecule has 4 nitrogen and oxygen atoms in total. The number of hydrogen-bond acceptors (Lipinski definition) is 3. The highest BCUT2D eigenvalue weighted by Crippen LogP contribution is 2.33. The molecule has 1 fully saturated rings. The molecule has 0 radical (unpaired) electrons. The second-order valence-electron chi connectivity index (χ2n) is 8.54. The molecule has 34 heavy (non-hydrogen) atoms. The lowest BCUT2D eigenvalue weighted by molar-refractivity contribution is -0.115. The quantitative estimate of drug-likeness (QED) is 0.279. The fourth-order valence-corrected chi connectivity index (χ4v) is 5.50. The van der Waals surface area contributed by atoms with Crippen LogP contribution in [0, 0.1) is 27.7 Å². The van der Waals surface area contributed by atoms with E-state index in [1.165, 1.54) is 22.5 Å². The van der Waals surface area contributed by atoms with E-state index in [2.05, 4.69) is 93.2 Å². The maximum Gasteiger partial charge on any atom is 0.264 e. The van der Waals surface area contributed by atoms with Gasteiger partial charge >= 0.3 is 0 Å². The van der Waals surface area contributed by atoms with Gasteiger partial charge in [-0.05, 0) is 91.9 Å². The van der Waals surface area contributed by atoms with Crippen molar-refractivity contribution < 1.29 is 4.79 Å². The van der Waals surface area contributed by atoms with Crippen molar-refractivity contribution in [2.75, 3.05) is 0 Å². The van der Waals surface area contributed by atoms with Crippen LogP contribution < -0.4 is 5.32 Å². The second-order valence-corrected chi connectivity index (χ2v) is 10.4. The number of amidine groups is 1. The van der Waals surface area contributed by atoms with E-state index in [-0.39, 0.29) is 5.91 Å². The first-order valence-corrected chi connectivity index (χ1v) is 12.7. The average molecular weight is 530 g/mol. The lowest BCUT2D eigenvalue weighted by Crippen LogP contribution is -2.19. The van der Waals surface area contributed by atoms with Crippen molar-refractivity contribution in [3.8, 4) is 5.69 Å². The number of carbonyl (C=O) groups is 1. The van der Waals surface area contributed by atoms with E-state index in [1.807, 2.05) is 32.1 Å². The molecule has 0 atom stereocenters. The molecule has 1 saturated heterocycles. The number of aromatic nitrogens is 1. The van der Waals surface area contributed by atoms with E-state index in [0.717, 1.165) is 43.9 Å². The number of nitrogens with one attached hydrogen (secondary N) is 1. The van der Waals surface area contributed by atoms with Crippen LogP contribution in [0.4, 0.5) is 5.69 Å². The number of nitrogens with zero attached hydrogens (tertiary/aromatic N) is 2. The summed E-state index contributed by atoms with van der Waals surface area (Å²) in [6.45, 7) is 8.28. The largest absolute Gasteiger partial charge is 0.317 e. The summed E-state index contributed by atoms with van der Waals surface area (Å²) >= 11 is 4.97. The number of halogens is 1. The van der Waals surface area contributed by atoms with Crippen LogP contribution in [-0.4, -0.2) is 15.6 Å². The summed E-state index contributed by atoms with van der Waals surface area (Å²) in [5.41, 5.74) is 7.45. The number of amides is 1. The molecule has 1 aliphatic heterocycles. The second kappa shape index (κ2) is 8.93. The SMILES string of the molecule is Cc1cc(N=C2NC(=O)/C(=C/c3cc(C)n(-c4cccc5ccccc45)c3C)S2)cc(C)c1Br. The predicted octanol–water partition coefficient (Wildman–Crippen LogP) is 7.52. The molecule has 6 heteroatoms. The van der Waals surface area contributed by atoms with Crippen LogP contribution in [0.25, 0.3) is 22.5 Å². The number of rotatable bonds is 3. The normalized spacial score (nSPS) is 16.1. The van der Waals surface area contributed by atoms with Crippen molar-refractivity contribution in [1.82, 2.24) is 9.88 Å². The highest BCUT2D eigenvalue weighted by atomic mass is 79.9. The molecule has 0 spiro atoms. The Hall–Kier alpha value is -3.09. The molecule has 1 aromatic heterocycles. The van der Waals surface area contributed by atoms with Gasteiger partial charge < -0.3 is 9.88 Å². The monoisotopic (exact) mass is 529 g/mol. The van der Waals surface area contributed by atoms with Crippen LogP contribution >= 0.6 is 27.7 Å². The molecule has 5 rings (SSSR count). The molecular weight excluding hydrogens is 506 g/mol. The summed E-state index contributed by atoms with van der Waals surface area (Å²) in [6, 6.07) is 20.9. The Morgan fingerprint density at radius 2 is 1.68 bits per heavy atom. The van der Waals surface area contributed by atoms with Crippen LogP contribution in [0.3, 0.4) is 0 Å². The van der Waals surface area contributed by atoms with Gasteiger partial charge in [0.25, 0.3) is 5.91 Å². The maximum atomic E-state index is 12.7. The first kappa shape index (κ1) is 22.7. The summed E-state index contributed by atoms with van der Waals surface area (Å²) in [5.74, 6) is -0.121. The van der Waals surface area contributed by atoms with Gasteiger partial charge in [0.15, 0.2) is 5.17 Å². The lowest BCUT2D eigenvalue weighted by Gasteiger charge is -2.13. The van der Waals surface area contributed by atoms with Crippen LogP contribution in [0.15, 0.2) is 75.0 Å². The fraction of sp³-hybridized carbons (Fsp3) is 0.143. The molecule has 1 amide bonds. The molecule has 0 unspecified atom stereocenters. The molecule has 170 valence electrons. The van der Waals surface area contributed by atoms with Crippen molar-refractivity contribution in [2.24, 2.45) is 4.99 Å². The van der Waals surface area contributed by atoms with Gasteiger partial charge in [-0.15, -0.1) is 0 Å². The average Bonchev–Trinajstić information content (AvgIpc) is 3.29. The molecule has 1 aliphatic rings. The third-order valence-corrected chi connectivity index (χ3v) is 8.23. The topological polar surface area (TPSA) is 46.4 Å². The molecule has 0 saturated carbocycles. The van der Waals surface area contributed by atoms with Crippen molar-refractivity contribution in [3.63, 3.8) is 0 Å². The third kappa shape index (κ3) is 4.12. The first-order chi connectivity index (χ1) is 16.3. The van der Waals surface area contributed by atoms with Crippen molar-refractivity contribution in [3.05, 3.63) is 98.1 Å². The number of carbonyl (C=O) groups excluding carboxylic acids is 1. The van der Waals surface area contributed by atoms with E-state index in [9.17, 15) is 4.79 Å². The zero-order valence-electron chi connectivity index (χ0n) is 19.4. The van der Waals surface area contributed by atoms with E-state index in [1.54, 1.807) is 0 Å². The van der Waals surface area contributed by atoms with Gasteiger partial charge in [-0.1, -0.05) is 52.3 Å². The van der Waals surface area contributed by atoms with Crippen molar-refractivity contribution in [2.45, 2.75) is 27.7 Å². The van der Waals surface area contributed by atoms with Crippen LogP contribution in [0.2, 0.25) is 0 Å². The highest BCUT2D eigenvalue weighted by molar-refractivity contribution is 9.10. The smallest absolute Gasteiger partial charge is 0.264 e. The van der Waals surface area contributed by atoms with Gasteiger partial charge in [-0.25, -0.2) is 4.99 Å². The van der Waals surface area contributed by atoms with Crippen LogP contribution in [-0.2, 0) is 4.79 Å². The Morgan fingerprint density at radius 1 is 0.971 bits per heavy atom. The Kier molecular flexibility index (Phi) is 5.96. The van der Waals surface area contributed by atoms with Crippen LogP contribution in [0.5, 0.6) is 0 Å². The molecule has 2 heterocycles. The Bertz CT molecular complexity index is 1500. The maximum absolute atomic E-state index is 12.7. The van der Waals surface area contributed by atoms with Gasteiger partial charge in [0.05, 0.1) is 16.3 Å². The molecule has 3 aromatic carbocycles.